The molecule has 0 amide bonds. The molecule has 22 heavy (non-hydrogen) atoms. The molecule has 2 unspecified atom stereocenters. The molecule has 0 N–H and O–H groups in total. The zero-order valence-corrected chi connectivity index (χ0v) is 12.1. The third kappa shape index (κ3) is 2.65. The van der Waals surface area contributed by atoms with Crippen molar-refractivity contribution in [1.82, 2.24) is 9.13 Å². The van der Waals surface area contributed by atoms with E-state index in [-0.39, 0.29) is 18.7 Å². The Labute approximate surface area is 125 Å². The molecule has 2 atom stereocenters. The summed E-state index contributed by atoms with van der Waals surface area (Å²) in [6, 6.07) is 7.23. The summed E-state index contributed by atoms with van der Waals surface area (Å²) in [5.74, 6) is 0. The molecule has 3 rings (SSSR count). The van der Waals surface area contributed by atoms with Crippen molar-refractivity contribution in [3.05, 3.63) is 34.7 Å². The molecule has 0 saturated carbocycles. The predicted molar refractivity (Wildman–Crippen MR) is 75.7 cm³/mol. The number of rotatable bonds is 2. The van der Waals surface area contributed by atoms with E-state index in [9.17, 15) is 18.0 Å². The number of alkyl halides is 3. The van der Waals surface area contributed by atoms with E-state index >= 15 is 0 Å². The molecule has 0 radical (unpaired) electrons. The van der Waals surface area contributed by atoms with Crippen LogP contribution in [0, 0.1) is 0 Å². The first-order valence-corrected chi connectivity index (χ1v) is 7.24. The van der Waals surface area contributed by atoms with E-state index < -0.39 is 18.4 Å². The Kier molecular flexibility index (Phi) is 3.76. The summed E-state index contributed by atoms with van der Waals surface area (Å²) in [4.78, 5) is 12.3. The number of nitrogens with zero attached hydrogens (tertiary/aromatic N) is 2. The summed E-state index contributed by atoms with van der Waals surface area (Å²) in [5.41, 5.74) is 1.24. The van der Waals surface area contributed by atoms with Gasteiger partial charge in [-0.05, 0) is 31.4 Å². The summed E-state index contributed by atoms with van der Waals surface area (Å²) >= 11 is 0. The van der Waals surface area contributed by atoms with Crippen LogP contribution in [0.1, 0.15) is 19.3 Å². The van der Waals surface area contributed by atoms with Crippen molar-refractivity contribution in [2.45, 2.75) is 44.2 Å². The van der Waals surface area contributed by atoms with Crippen molar-refractivity contribution >= 4 is 11.0 Å². The molecule has 2 heterocycles. The Morgan fingerprint density at radius 2 is 1.91 bits per heavy atom. The van der Waals surface area contributed by atoms with Gasteiger partial charge in [-0.15, -0.1) is 0 Å². The Bertz CT molecular complexity index is 732. The minimum atomic E-state index is -4.34. The molecule has 0 aliphatic carbocycles. The van der Waals surface area contributed by atoms with E-state index in [0.29, 0.717) is 18.4 Å². The van der Waals surface area contributed by atoms with Crippen LogP contribution in [-0.2, 0) is 18.3 Å². The quantitative estimate of drug-likeness (QED) is 0.854. The van der Waals surface area contributed by atoms with E-state index in [0.717, 1.165) is 5.52 Å². The molecular weight excluding hydrogens is 297 g/mol. The lowest BCUT2D eigenvalue weighted by molar-refractivity contribution is -0.246. The van der Waals surface area contributed by atoms with Gasteiger partial charge in [0, 0.05) is 7.05 Å². The van der Waals surface area contributed by atoms with Crippen LogP contribution < -0.4 is 5.69 Å². The number of halogens is 3. The van der Waals surface area contributed by atoms with Crippen molar-refractivity contribution in [2.24, 2.45) is 7.05 Å². The lowest BCUT2D eigenvalue weighted by Crippen LogP contribution is -2.41. The summed E-state index contributed by atoms with van der Waals surface area (Å²) in [7, 11) is 1.65. The topological polar surface area (TPSA) is 36.2 Å². The molecular formula is C15H17F3N2O2. The van der Waals surface area contributed by atoms with Gasteiger partial charge in [-0.3, -0.25) is 9.13 Å². The first kappa shape index (κ1) is 15.1. The summed E-state index contributed by atoms with van der Waals surface area (Å²) in [5, 5.41) is 0. The van der Waals surface area contributed by atoms with Crippen LogP contribution >= 0.6 is 0 Å². The lowest BCUT2D eigenvalue weighted by Gasteiger charge is -2.31. The molecule has 1 fully saturated rings. The summed E-state index contributed by atoms with van der Waals surface area (Å²) < 4.78 is 46.5. The number of ether oxygens (including phenoxy) is 1. The standard InChI is InChI=1S/C15H17F3N2O2/c1-19-11-6-2-3-7-12(11)20(14(19)21)9-10-5-4-8-13(22-10)15(16,17)18/h2-3,6-7,10,13H,4-5,8-9H2,1H3. The van der Waals surface area contributed by atoms with Crippen molar-refractivity contribution < 1.29 is 17.9 Å². The van der Waals surface area contributed by atoms with Crippen molar-refractivity contribution in [3.8, 4) is 0 Å². The van der Waals surface area contributed by atoms with Gasteiger partial charge >= 0.3 is 11.9 Å². The third-order valence-electron chi connectivity index (χ3n) is 4.15. The molecule has 120 valence electrons. The predicted octanol–water partition coefficient (Wildman–Crippen LogP) is 2.84. The zero-order valence-electron chi connectivity index (χ0n) is 12.1. The monoisotopic (exact) mass is 314 g/mol. The van der Waals surface area contributed by atoms with Gasteiger partial charge in [-0.25, -0.2) is 4.79 Å². The summed E-state index contributed by atoms with van der Waals surface area (Å²) in [6.07, 6.45) is -5.69. The maximum Gasteiger partial charge on any atom is 0.414 e. The van der Waals surface area contributed by atoms with Gasteiger partial charge in [0.1, 0.15) is 0 Å². The largest absolute Gasteiger partial charge is 0.414 e. The van der Waals surface area contributed by atoms with Gasteiger partial charge in [0.25, 0.3) is 0 Å². The van der Waals surface area contributed by atoms with Gasteiger partial charge in [-0.1, -0.05) is 12.1 Å². The van der Waals surface area contributed by atoms with Crippen molar-refractivity contribution in [2.75, 3.05) is 0 Å². The fourth-order valence-corrected chi connectivity index (χ4v) is 3.02. The molecule has 0 spiro atoms. The highest BCUT2D eigenvalue weighted by Crippen LogP contribution is 2.32. The minimum absolute atomic E-state index is 0.00949. The SMILES string of the molecule is Cn1c(=O)n(CC2CCCC(C(F)(F)F)O2)c2ccccc21. The second kappa shape index (κ2) is 5.46. The van der Waals surface area contributed by atoms with Crippen LogP contribution in [0.25, 0.3) is 11.0 Å². The highest BCUT2D eigenvalue weighted by Gasteiger charge is 2.43. The smallest absolute Gasteiger partial charge is 0.364 e. The number of benzene rings is 1. The van der Waals surface area contributed by atoms with Gasteiger partial charge in [0.2, 0.25) is 0 Å². The zero-order chi connectivity index (χ0) is 15.9. The van der Waals surface area contributed by atoms with Crippen molar-refractivity contribution in [1.29, 1.82) is 0 Å². The molecule has 2 aromatic rings. The third-order valence-corrected chi connectivity index (χ3v) is 4.15. The molecule has 4 nitrogen and oxygen atoms in total. The number of hydrogen-bond acceptors (Lipinski definition) is 2. The number of imidazole rings is 1. The maximum atomic E-state index is 12.8. The first-order valence-electron chi connectivity index (χ1n) is 7.24. The molecule has 1 aromatic heterocycles. The van der Waals surface area contributed by atoms with E-state index in [2.05, 4.69) is 0 Å². The normalized spacial score (nSPS) is 23.1. The Balaban J connectivity index is 1.88. The van der Waals surface area contributed by atoms with Crippen molar-refractivity contribution in [3.63, 3.8) is 0 Å². The van der Waals surface area contributed by atoms with Gasteiger partial charge in [0.05, 0.1) is 23.7 Å². The molecule has 7 heteroatoms. The van der Waals surface area contributed by atoms with Gasteiger partial charge in [0.15, 0.2) is 6.10 Å². The highest BCUT2D eigenvalue weighted by molar-refractivity contribution is 5.75. The summed E-state index contributed by atoms with van der Waals surface area (Å²) in [6.45, 7) is 0.146. The number of aryl methyl sites for hydroxylation is 1. The van der Waals surface area contributed by atoms with Crippen LogP contribution in [0.4, 0.5) is 13.2 Å². The number of aromatic nitrogens is 2. The fourth-order valence-electron chi connectivity index (χ4n) is 3.02. The van der Waals surface area contributed by atoms with E-state index in [1.54, 1.807) is 19.2 Å². The van der Waals surface area contributed by atoms with Crippen LogP contribution in [-0.4, -0.2) is 27.5 Å². The van der Waals surface area contributed by atoms with E-state index in [4.69, 9.17) is 4.74 Å². The van der Waals surface area contributed by atoms with E-state index in [1.165, 1.54) is 9.13 Å². The van der Waals surface area contributed by atoms with Crippen LogP contribution in [0.5, 0.6) is 0 Å². The molecule has 1 saturated heterocycles. The number of fused-ring (bicyclic) bond motifs is 1. The van der Waals surface area contributed by atoms with E-state index in [1.807, 2.05) is 12.1 Å². The Morgan fingerprint density at radius 3 is 2.59 bits per heavy atom. The average Bonchev–Trinajstić information content (AvgIpc) is 2.72. The molecule has 0 bridgehead atoms. The van der Waals surface area contributed by atoms with Gasteiger partial charge < -0.3 is 4.74 Å². The maximum absolute atomic E-state index is 12.8. The number of para-hydroxylation sites is 2. The lowest BCUT2D eigenvalue weighted by atomic mass is 10.0. The first-order chi connectivity index (χ1) is 10.4. The van der Waals surface area contributed by atoms with Crippen LogP contribution in [0.3, 0.4) is 0 Å². The second-order valence-corrected chi connectivity index (χ2v) is 5.66. The van der Waals surface area contributed by atoms with Crippen LogP contribution in [0.15, 0.2) is 29.1 Å². The highest BCUT2D eigenvalue weighted by atomic mass is 19.4. The molecule has 1 aromatic carbocycles. The molecule has 1 aliphatic heterocycles. The Hall–Kier alpha value is -1.76. The van der Waals surface area contributed by atoms with Crippen LogP contribution in [0.2, 0.25) is 0 Å². The second-order valence-electron chi connectivity index (χ2n) is 5.66. The van der Waals surface area contributed by atoms with Gasteiger partial charge in [-0.2, -0.15) is 13.2 Å². The Morgan fingerprint density at radius 1 is 1.23 bits per heavy atom. The average molecular weight is 314 g/mol. The fraction of sp³-hybridized carbons (Fsp3) is 0.533. The number of hydrogen-bond donors (Lipinski definition) is 0. The molecule has 1 aliphatic rings. The minimum Gasteiger partial charge on any atom is -0.364 e.